The minimum Gasteiger partial charge on any atom is -0.356 e. The number of aliphatic imine (C=N–C) groups is 1. The van der Waals surface area contributed by atoms with Crippen LogP contribution in [-0.2, 0) is 13.0 Å². The summed E-state index contributed by atoms with van der Waals surface area (Å²) in [4.78, 5) is 11.3. The van der Waals surface area contributed by atoms with Crippen LogP contribution in [0.15, 0.2) is 33.0 Å². The van der Waals surface area contributed by atoms with Gasteiger partial charge in [0.2, 0.25) is 0 Å². The number of nitrogens with zero attached hydrogens (tertiary/aromatic N) is 2. The summed E-state index contributed by atoms with van der Waals surface area (Å²) in [6.07, 6.45) is 4.05. The summed E-state index contributed by atoms with van der Waals surface area (Å²) in [7, 11) is 1.81. The highest BCUT2D eigenvalue weighted by atomic mass is 127. The molecule has 2 rings (SSSR count). The number of thioether (sulfide) groups is 1. The summed E-state index contributed by atoms with van der Waals surface area (Å²) in [5.41, 5.74) is 0. The number of thiophene rings is 1. The SMILES string of the molecule is CCc1ccc(CNC(=NC)NCCCSc2nccs2)s1.I. The quantitative estimate of drug-likeness (QED) is 0.194. The molecule has 2 heterocycles. The Bertz CT molecular complexity index is 569. The van der Waals surface area contributed by atoms with Gasteiger partial charge in [-0.25, -0.2) is 4.98 Å². The van der Waals surface area contributed by atoms with Crippen molar-refractivity contribution in [1.82, 2.24) is 15.6 Å². The van der Waals surface area contributed by atoms with Gasteiger partial charge in [-0.05, 0) is 25.0 Å². The lowest BCUT2D eigenvalue weighted by Gasteiger charge is -2.10. The van der Waals surface area contributed by atoms with Gasteiger partial charge in [-0.1, -0.05) is 18.7 Å². The predicted octanol–water partition coefficient (Wildman–Crippen LogP) is 4.23. The van der Waals surface area contributed by atoms with Gasteiger partial charge in [0, 0.05) is 40.7 Å². The number of hydrogen-bond donors (Lipinski definition) is 2. The number of aromatic nitrogens is 1. The van der Waals surface area contributed by atoms with Crippen LogP contribution in [0.3, 0.4) is 0 Å². The highest BCUT2D eigenvalue weighted by molar-refractivity contribution is 14.0. The molecule has 0 aromatic carbocycles. The van der Waals surface area contributed by atoms with Gasteiger partial charge in [0.1, 0.15) is 4.34 Å². The molecule has 0 amide bonds. The molecule has 0 saturated heterocycles. The van der Waals surface area contributed by atoms with Crippen LogP contribution in [0.25, 0.3) is 0 Å². The van der Waals surface area contributed by atoms with Crippen molar-refractivity contribution in [3.05, 3.63) is 33.5 Å². The maximum Gasteiger partial charge on any atom is 0.191 e. The highest BCUT2D eigenvalue weighted by Gasteiger charge is 2.01. The third-order valence-corrected chi connectivity index (χ3v) is 6.25. The molecule has 0 unspecified atom stereocenters. The van der Waals surface area contributed by atoms with E-state index in [1.807, 2.05) is 41.7 Å². The molecule has 2 N–H and O–H groups in total. The number of hydrogen-bond acceptors (Lipinski definition) is 5. The summed E-state index contributed by atoms with van der Waals surface area (Å²) >= 11 is 5.37. The largest absolute Gasteiger partial charge is 0.356 e. The zero-order valence-corrected chi connectivity index (χ0v) is 18.2. The van der Waals surface area contributed by atoms with E-state index >= 15 is 0 Å². The van der Waals surface area contributed by atoms with Crippen molar-refractivity contribution in [2.75, 3.05) is 19.3 Å². The number of thiazole rings is 1. The predicted molar refractivity (Wildman–Crippen MR) is 115 cm³/mol. The summed E-state index contributed by atoms with van der Waals surface area (Å²) < 4.78 is 1.15. The van der Waals surface area contributed by atoms with Gasteiger partial charge in [0.05, 0.1) is 6.54 Å². The first kappa shape index (κ1) is 20.7. The topological polar surface area (TPSA) is 49.3 Å². The number of aryl methyl sites for hydroxylation is 1. The van der Waals surface area contributed by atoms with E-state index in [1.54, 1.807) is 11.3 Å². The smallest absolute Gasteiger partial charge is 0.191 e. The van der Waals surface area contributed by atoms with E-state index in [-0.39, 0.29) is 24.0 Å². The molecule has 0 bridgehead atoms. The standard InChI is InChI=1S/C15H22N4S3.HI/c1-3-12-5-6-13(22-12)11-19-14(16-2)17-7-4-9-20-15-18-8-10-21-15;/h5-6,8,10H,3-4,7,9,11H2,1-2H3,(H2,16,17,19);1H. The van der Waals surface area contributed by atoms with Crippen LogP contribution in [0, 0.1) is 0 Å². The van der Waals surface area contributed by atoms with Gasteiger partial charge >= 0.3 is 0 Å². The molecule has 128 valence electrons. The second-order valence-electron chi connectivity index (χ2n) is 4.57. The first-order valence-electron chi connectivity index (χ1n) is 7.36. The maximum absolute atomic E-state index is 4.26. The number of halogens is 1. The minimum atomic E-state index is 0. The fourth-order valence-corrected chi connectivity index (χ4v) is 4.36. The average molecular weight is 482 g/mol. The zero-order chi connectivity index (χ0) is 15.6. The van der Waals surface area contributed by atoms with Crippen molar-refractivity contribution in [3.8, 4) is 0 Å². The van der Waals surface area contributed by atoms with E-state index < -0.39 is 0 Å². The molecule has 2 aromatic rings. The van der Waals surface area contributed by atoms with E-state index in [0.717, 1.165) is 42.0 Å². The van der Waals surface area contributed by atoms with E-state index in [4.69, 9.17) is 0 Å². The van der Waals surface area contributed by atoms with Gasteiger partial charge in [-0.2, -0.15) is 0 Å². The number of nitrogens with one attached hydrogen (secondary N) is 2. The van der Waals surface area contributed by atoms with E-state index in [2.05, 4.69) is 39.7 Å². The molecule has 0 aliphatic carbocycles. The lowest BCUT2D eigenvalue weighted by atomic mass is 10.3. The Morgan fingerprint density at radius 3 is 2.78 bits per heavy atom. The van der Waals surface area contributed by atoms with Gasteiger partial charge in [-0.3, -0.25) is 4.99 Å². The molecular formula is C15H23IN4S3. The second-order valence-corrected chi connectivity index (χ2v) is 8.06. The molecule has 0 atom stereocenters. The van der Waals surface area contributed by atoms with Crippen molar-refractivity contribution >= 4 is 64.4 Å². The van der Waals surface area contributed by atoms with Crippen molar-refractivity contribution in [2.45, 2.75) is 30.6 Å². The van der Waals surface area contributed by atoms with Crippen LogP contribution in [-0.4, -0.2) is 30.3 Å². The molecule has 0 aliphatic rings. The van der Waals surface area contributed by atoms with Crippen LogP contribution in [0.2, 0.25) is 0 Å². The number of guanidine groups is 1. The van der Waals surface area contributed by atoms with Crippen LogP contribution in [0.4, 0.5) is 0 Å². The molecule has 0 aliphatic heterocycles. The Hall–Kier alpha value is -0.320. The highest BCUT2D eigenvalue weighted by Crippen LogP contribution is 2.20. The monoisotopic (exact) mass is 482 g/mol. The Morgan fingerprint density at radius 2 is 2.13 bits per heavy atom. The van der Waals surface area contributed by atoms with Crippen molar-refractivity contribution in [1.29, 1.82) is 0 Å². The molecule has 8 heteroatoms. The maximum atomic E-state index is 4.26. The van der Waals surface area contributed by atoms with Crippen LogP contribution < -0.4 is 10.6 Å². The van der Waals surface area contributed by atoms with Crippen molar-refractivity contribution in [2.24, 2.45) is 4.99 Å². The van der Waals surface area contributed by atoms with E-state index in [0.29, 0.717) is 0 Å². The zero-order valence-electron chi connectivity index (χ0n) is 13.4. The Labute approximate surface area is 167 Å². The van der Waals surface area contributed by atoms with E-state index in [1.165, 1.54) is 9.75 Å². The summed E-state index contributed by atoms with van der Waals surface area (Å²) in [5.74, 6) is 1.94. The summed E-state index contributed by atoms with van der Waals surface area (Å²) in [6.45, 7) is 3.94. The average Bonchev–Trinajstić information content (AvgIpc) is 3.21. The minimum absolute atomic E-state index is 0. The van der Waals surface area contributed by atoms with Crippen molar-refractivity contribution < 1.29 is 0 Å². The van der Waals surface area contributed by atoms with Crippen LogP contribution >= 0.6 is 58.4 Å². The molecular weight excluding hydrogens is 459 g/mol. The fraction of sp³-hybridized carbons (Fsp3) is 0.467. The van der Waals surface area contributed by atoms with Crippen LogP contribution in [0.1, 0.15) is 23.1 Å². The summed E-state index contributed by atoms with van der Waals surface area (Å²) in [6, 6.07) is 4.39. The fourth-order valence-electron chi connectivity index (χ4n) is 1.82. The van der Waals surface area contributed by atoms with E-state index in [9.17, 15) is 0 Å². The Balaban J connectivity index is 0.00000264. The Morgan fingerprint density at radius 1 is 1.30 bits per heavy atom. The number of rotatable bonds is 8. The van der Waals surface area contributed by atoms with Crippen molar-refractivity contribution in [3.63, 3.8) is 0 Å². The van der Waals surface area contributed by atoms with Gasteiger partial charge in [0.25, 0.3) is 0 Å². The molecule has 0 spiro atoms. The molecule has 2 aromatic heterocycles. The lowest BCUT2D eigenvalue weighted by Crippen LogP contribution is -2.37. The van der Waals surface area contributed by atoms with Crippen LogP contribution in [0.5, 0.6) is 0 Å². The van der Waals surface area contributed by atoms with Gasteiger partial charge < -0.3 is 10.6 Å². The molecule has 0 fully saturated rings. The third-order valence-electron chi connectivity index (χ3n) is 2.97. The Kier molecular flexibility index (Phi) is 10.9. The first-order chi connectivity index (χ1) is 10.8. The van der Waals surface area contributed by atoms with Gasteiger partial charge in [-0.15, -0.1) is 46.7 Å². The second kappa shape index (κ2) is 12.1. The molecule has 0 radical (unpaired) electrons. The first-order valence-corrected chi connectivity index (χ1v) is 10.0. The third kappa shape index (κ3) is 7.86. The van der Waals surface area contributed by atoms with Gasteiger partial charge in [0.15, 0.2) is 5.96 Å². The molecule has 4 nitrogen and oxygen atoms in total. The molecule has 0 saturated carbocycles. The molecule has 23 heavy (non-hydrogen) atoms. The lowest BCUT2D eigenvalue weighted by molar-refractivity contribution is 0.789. The normalized spacial score (nSPS) is 11.1. The summed E-state index contributed by atoms with van der Waals surface area (Å²) in [5, 5.41) is 8.73.